The highest BCUT2D eigenvalue weighted by atomic mass is 16.5. The first kappa shape index (κ1) is 23.8. The van der Waals surface area contributed by atoms with Gasteiger partial charge >= 0.3 is 5.97 Å². The lowest BCUT2D eigenvalue weighted by atomic mass is 10.2. The zero-order valence-electron chi connectivity index (χ0n) is 18.5. The number of aromatic nitrogens is 1. The standard InChI is InChI=1S/C24H35N3O3/c1-4-27(5-2)16-8-7-14-25-18-22-17-21(13-15-26-22)24(28)30-19-20-9-11-23(12-10-20)29-6-3/h9-13,15,17,25H,4-8,14,16,18-19H2,1-3H3. The monoisotopic (exact) mass is 413 g/mol. The van der Waals surface area contributed by atoms with E-state index in [1.807, 2.05) is 31.2 Å². The van der Waals surface area contributed by atoms with Crippen molar-refractivity contribution in [2.45, 2.75) is 46.8 Å². The van der Waals surface area contributed by atoms with Crippen LogP contribution >= 0.6 is 0 Å². The summed E-state index contributed by atoms with van der Waals surface area (Å²) in [5.41, 5.74) is 2.29. The van der Waals surface area contributed by atoms with Gasteiger partial charge in [0.1, 0.15) is 12.4 Å². The molecular formula is C24H35N3O3. The molecule has 6 heteroatoms. The molecule has 1 heterocycles. The van der Waals surface area contributed by atoms with E-state index < -0.39 is 0 Å². The molecule has 0 fully saturated rings. The molecule has 0 amide bonds. The minimum atomic E-state index is -0.341. The second-order valence-electron chi connectivity index (χ2n) is 7.10. The van der Waals surface area contributed by atoms with Gasteiger partial charge in [-0.05, 0) is 75.8 Å². The van der Waals surface area contributed by atoms with Crippen molar-refractivity contribution in [1.82, 2.24) is 15.2 Å². The van der Waals surface area contributed by atoms with E-state index in [9.17, 15) is 4.79 Å². The SMILES string of the molecule is CCOc1ccc(COC(=O)c2ccnc(CNCCCCN(CC)CC)c2)cc1. The summed E-state index contributed by atoms with van der Waals surface area (Å²) in [6.07, 6.45) is 3.96. The van der Waals surface area contributed by atoms with Crippen LogP contribution in [-0.4, -0.2) is 48.6 Å². The van der Waals surface area contributed by atoms with Gasteiger partial charge in [-0.15, -0.1) is 0 Å². The van der Waals surface area contributed by atoms with Gasteiger partial charge in [0, 0.05) is 12.7 Å². The lowest BCUT2D eigenvalue weighted by molar-refractivity contribution is 0.0472. The van der Waals surface area contributed by atoms with E-state index in [-0.39, 0.29) is 12.6 Å². The Morgan fingerprint density at radius 3 is 2.53 bits per heavy atom. The third-order valence-corrected chi connectivity index (χ3v) is 4.93. The molecule has 0 saturated carbocycles. The average Bonchev–Trinajstić information content (AvgIpc) is 2.78. The summed E-state index contributed by atoms with van der Waals surface area (Å²) in [4.78, 5) is 19.2. The number of hydrogen-bond donors (Lipinski definition) is 1. The van der Waals surface area contributed by atoms with E-state index in [0.717, 1.165) is 49.6 Å². The fourth-order valence-corrected chi connectivity index (χ4v) is 3.12. The van der Waals surface area contributed by atoms with E-state index in [1.165, 1.54) is 6.42 Å². The molecule has 0 bridgehead atoms. The van der Waals surface area contributed by atoms with Crippen LogP contribution in [0.5, 0.6) is 5.75 Å². The molecule has 1 N–H and O–H groups in total. The molecule has 2 rings (SSSR count). The molecule has 164 valence electrons. The minimum Gasteiger partial charge on any atom is -0.494 e. The lowest BCUT2D eigenvalue weighted by Crippen LogP contribution is -2.25. The van der Waals surface area contributed by atoms with Gasteiger partial charge in [0.2, 0.25) is 0 Å². The van der Waals surface area contributed by atoms with Crippen LogP contribution in [0.1, 0.15) is 55.2 Å². The number of pyridine rings is 1. The Morgan fingerprint density at radius 2 is 1.83 bits per heavy atom. The highest BCUT2D eigenvalue weighted by Crippen LogP contribution is 2.13. The normalized spacial score (nSPS) is 10.9. The van der Waals surface area contributed by atoms with Crippen molar-refractivity contribution >= 4 is 5.97 Å². The maximum Gasteiger partial charge on any atom is 0.338 e. The summed E-state index contributed by atoms with van der Waals surface area (Å²) in [7, 11) is 0. The topological polar surface area (TPSA) is 63.7 Å². The molecule has 1 aromatic carbocycles. The predicted octanol–water partition coefficient (Wildman–Crippen LogP) is 4.05. The Labute approximate surface area is 180 Å². The first-order chi connectivity index (χ1) is 14.7. The second-order valence-corrected chi connectivity index (χ2v) is 7.10. The van der Waals surface area contributed by atoms with Crippen molar-refractivity contribution in [2.75, 3.05) is 32.8 Å². The molecule has 0 atom stereocenters. The van der Waals surface area contributed by atoms with Crippen LogP contribution in [0.15, 0.2) is 42.6 Å². The summed E-state index contributed by atoms with van der Waals surface area (Å²) >= 11 is 0. The fraction of sp³-hybridized carbons (Fsp3) is 0.500. The number of hydrogen-bond acceptors (Lipinski definition) is 6. The van der Waals surface area contributed by atoms with Crippen molar-refractivity contribution in [1.29, 1.82) is 0 Å². The number of ether oxygens (including phenoxy) is 2. The van der Waals surface area contributed by atoms with Crippen molar-refractivity contribution in [3.63, 3.8) is 0 Å². The molecule has 0 spiro atoms. The van der Waals surface area contributed by atoms with Crippen molar-refractivity contribution in [2.24, 2.45) is 0 Å². The van der Waals surface area contributed by atoms with Gasteiger partial charge in [-0.2, -0.15) is 0 Å². The predicted molar refractivity (Wildman–Crippen MR) is 120 cm³/mol. The van der Waals surface area contributed by atoms with Gasteiger partial charge in [0.15, 0.2) is 0 Å². The molecule has 0 aliphatic carbocycles. The van der Waals surface area contributed by atoms with Crippen LogP contribution < -0.4 is 10.1 Å². The summed E-state index contributed by atoms with van der Waals surface area (Å²) in [5, 5.41) is 3.41. The summed E-state index contributed by atoms with van der Waals surface area (Å²) in [5.74, 6) is 0.471. The van der Waals surface area contributed by atoms with Crippen LogP contribution in [0, 0.1) is 0 Å². The highest BCUT2D eigenvalue weighted by Gasteiger charge is 2.09. The van der Waals surface area contributed by atoms with Gasteiger partial charge in [-0.25, -0.2) is 4.79 Å². The van der Waals surface area contributed by atoms with Crippen LogP contribution in [-0.2, 0) is 17.9 Å². The Bertz CT molecular complexity index is 746. The quantitative estimate of drug-likeness (QED) is 0.372. The number of carbonyl (C=O) groups is 1. The maximum absolute atomic E-state index is 12.4. The summed E-state index contributed by atoms with van der Waals surface area (Å²) in [6, 6.07) is 11.0. The molecule has 0 aliphatic heterocycles. The summed E-state index contributed by atoms with van der Waals surface area (Å²) < 4.78 is 10.9. The number of esters is 1. The number of unbranched alkanes of at least 4 members (excludes halogenated alkanes) is 1. The van der Waals surface area contributed by atoms with Crippen molar-refractivity contribution in [3.05, 3.63) is 59.4 Å². The largest absolute Gasteiger partial charge is 0.494 e. The average molecular weight is 414 g/mol. The van der Waals surface area contributed by atoms with Gasteiger partial charge in [0.25, 0.3) is 0 Å². The van der Waals surface area contributed by atoms with Crippen molar-refractivity contribution < 1.29 is 14.3 Å². The van der Waals surface area contributed by atoms with Gasteiger partial charge < -0.3 is 19.7 Å². The third-order valence-electron chi connectivity index (χ3n) is 4.93. The first-order valence-electron chi connectivity index (χ1n) is 10.9. The molecular weight excluding hydrogens is 378 g/mol. The molecule has 2 aromatic rings. The number of benzene rings is 1. The zero-order chi connectivity index (χ0) is 21.6. The zero-order valence-corrected chi connectivity index (χ0v) is 18.5. The highest BCUT2D eigenvalue weighted by molar-refractivity contribution is 5.89. The fourth-order valence-electron chi connectivity index (χ4n) is 3.12. The molecule has 30 heavy (non-hydrogen) atoms. The maximum atomic E-state index is 12.4. The molecule has 0 aliphatic rings. The van der Waals surface area contributed by atoms with Crippen LogP contribution in [0.2, 0.25) is 0 Å². The van der Waals surface area contributed by atoms with Gasteiger partial charge in [-0.1, -0.05) is 26.0 Å². The number of nitrogens with zero attached hydrogens (tertiary/aromatic N) is 2. The molecule has 1 aromatic heterocycles. The number of rotatable bonds is 14. The smallest absolute Gasteiger partial charge is 0.338 e. The number of nitrogens with one attached hydrogen (secondary N) is 1. The van der Waals surface area contributed by atoms with Gasteiger partial charge in [-0.3, -0.25) is 4.98 Å². The lowest BCUT2D eigenvalue weighted by Gasteiger charge is -2.17. The van der Waals surface area contributed by atoms with E-state index in [1.54, 1.807) is 18.3 Å². The molecule has 0 unspecified atom stereocenters. The Morgan fingerprint density at radius 1 is 1.07 bits per heavy atom. The van der Waals surface area contributed by atoms with Gasteiger partial charge in [0.05, 0.1) is 17.9 Å². The number of carbonyl (C=O) groups excluding carboxylic acids is 1. The third kappa shape index (κ3) is 8.51. The van der Waals surface area contributed by atoms with Crippen LogP contribution in [0.3, 0.4) is 0 Å². The minimum absolute atomic E-state index is 0.230. The Kier molecular flexibility index (Phi) is 10.9. The van der Waals surface area contributed by atoms with E-state index >= 15 is 0 Å². The van der Waals surface area contributed by atoms with Crippen molar-refractivity contribution in [3.8, 4) is 5.75 Å². The van der Waals surface area contributed by atoms with Crippen LogP contribution in [0.25, 0.3) is 0 Å². The molecule has 0 saturated heterocycles. The van der Waals surface area contributed by atoms with E-state index in [4.69, 9.17) is 9.47 Å². The summed E-state index contributed by atoms with van der Waals surface area (Å²) in [6.45, 7) is 12.1. The second kappa shape index (κ2) is 13.7. The van der Waals surface area contributed by atoms with E-state index in [0.29, 0.717) is 18.7 Å². The van der Waals surface area contributed by atoms with E-state index in [2.05, 4.69) is 29.0 Å². The molecule has 0 radical (unpaired) electrons. The first-order valence-corrected chi connectivity index (χ1v) is 10.9. The van der Waals surface area contributed by atoms with Crippen LogP contribution in [0.4, 0.5) is 0 Å². The Hall–Kier alpha value is -2.44. The molecule has 6 nitrogen and oxygen atoms in total. The Balaban J connectivity index is 1.72.